The number of methoxy groups -OCH3 is 1. The molecule has 2 rings (SSSR count). The van der Waals surface area contributed by atoms with Gasteiger partial charge in [-0.05, 0) is 26.7 Å². The van der Waals surface area contributed by atoms with Crippen molar-refractivity contribution in [1.29, 1.82) is 0 Å². The third-order valence-electron chi connectivity index (χ3n) is 3.50. The molecule has 2 atom stereocenters. The molecule has 1 aliphatic carbocycles. The monoisotopic (exact) mass is 197 g/mol. The van der Waals surface area contributed by atoms with Crippen molar-refractivity contribution < 1.29 is 4.74 Å². The fraction of sp³-hybridized carbons (Fsp3) is 0.900. The van der Waals surface area contributed by atoms with E-state index in [0.717, 1.165) is 6.54 Å². The third kappa shape index (κ3) is 1.29. The van der Waals surface area contributed by atoms with Crippen LogP contribution in [0.5, 0.6) is 0 Å². The van der Waals surface area contributed by atoms with Gasteiger partial charge in [0.05, 0.1) is 18.2 Å². The molecule has 0 radical (unpaired) electrons. The molecular weight excluding hydrogens is 178 g/mol. The Hall–Kier alpha value is -0.770. The van der Waals surface area contributed by atoms with Crippen molar-refractivity contribution in [2.45, 2.75) is 44.4 Å². The second kappa shape index (κ2) is 3.12. The fourth-order valence-electron chi connectivity index (χ4n) is 2.17. The number of rotatable bonds is 3. The van der Waals surface area contributed by atoms with Crippen LogP contribution in [0.3, 0.4) is 0 Å². The average molecular weight is 197 g/mol. The first-order chi connectivity index (χ1) is 6.59. The summed E-state index contributed by atoms with van der Waals surface area (Å²) in [5.41, 5.74) is 5.87. The Morgan fingerprint density at radius 3 is 2.79 bits per heavy atom. The normalized spacial score (nSPS) is 34.5. The van der Waals surface area contributed by atoms with E-state index in [1.54, 1.807) is 7.11 Å². The van der Waals surface area contributed by atoms with Crippen LogP contribution in [0.25, 0.3) is 0 Å². The van der Waals surface area contributed by atoms with Crippen LogP contribution in [0.15, 0.2) is 4.99 Å². The summed E-state index contributed by atoms with van der Waals surface area (Å²) in [5, 5.41) is 0. The summed E-state index contributed by atoms with van der Waals surface area (Å²) in [6.07, 6.45) is 2.64. The average Bonchev–Trinajstić information content (AvgIpc) is 2.94. The van der Waals surface area contributed by atoms with E-state index < -0.39 is 0 Å². The number of nitrogens with two attached hydrogens (primary N) is 1. The molecule has 0 amide bonds. The number of hydrogen-bond donors (Lipinski definition) is 1. The zero-order valence-electron chi connectivity index (χ0n) is 9.16. The van der Waals surface area contributed by atoms with Gasteiger partial charge < -0.3 is 15.4 Å². The van der Waals surface area contributed by atoms with E-state index in [4.69, 9.17) is 10.5 Å². The standard InChI is InChI=1S/C10H19N3O/c1-7(14-3)10(2)6-12-9(11)13(10)8-4-5-8/h7-8H,4-6H2,1-3H3,(H2,11,12). The van der Waals surface area contributed by atoms with Crippen molar-refractivity contribution >= 4 is 5.96 Å². The van der Waals surface area contributed by atoms with Gasteiger partial charge in [-0.1, -0.05) is 0 Å². The minimum Gasteiger partial charge on any atom is -0.379 e. The van der Waals surface area contributed by atoms with Crippen molar-refractivity contribution in [1.82, 2.24) is 4.90 Å². The minimum absolute atomic E-state index is 0.0417. The smallest absolute Gasteiger partial charge is 0.192 e. The highest BCUT2D eigenvalue weighted by molar-refractivity contribution is 5.81. The summed E-state index contributed by atoms with van der Waals surface area (Å²) in [5.74, 6) is 0.693. The predicted molar refractivity (Wildman–Crippen MR) is 56.2 cm³/mol. The molecule has 2 unspecified atom stereocenters. The number of guanidine groups is 1. The third-order valence-corrected chi connectivity index (χ3v) is 3.50. The fourth-order valence-corrected chi connectivity index (χ4v) is 2.17. The zero-order chi connectivity index (χ0) is 10.3. The van der Waals surface area contributed by atoms with Gasteiger partial charge in [0.15, 0.2) is 5.96 Å². The molecule has 2 N–H and O–H groups in total. The van der Waals surface area contributed by atoms with Gasteiger partial charge in [-0.2, -0.15) is 0 Å². The van der Waals surface area contributed by atoms with Crippen LogP contribution in [0.4, 0.5) is 0 Å². The molecule has 4 heteroatoms. The minimum atomic E-state index is -0.0417. The van der Waals surface area contributed by atoms with Crippen LogP contribution in [0, 0.1) is 0 Å². The maximum atomic E-state index is 5.91. The maximum absolute atomic E-state index is 5.91. The lowest BCUT2D eigenvalue weighted by atomic mass is 9.94. The summed E-state index contributed by atoms with van der Waals surface area (Å²) in [4.78, 5) is 6.59. The number of nitrogens with zero attached hydrogens (tertiary/aromatic N) is 2. The first-order valence-corrected chi connectivity index (χ1v) is 5.21. The molecule has 2 aliphatic rings. The molecule has 14 heavy (non-hydrogen) atoms. The molecular formula is C10H19N3O. The Bertz CT molecular complexity index is 262. The molecule has 1 fully saturated rings. The van der Waals surface area contributed by atoms with Gasteiger partial charge >= 0.3 is 0 Å². The Labute approximate surface area is 85.1 Å². The SMILES string of the molecule is COC(C)C1(C)CN=C(N)N1C1CC1. The van der Waals surface area contributed by atoms with Gasteiger partial charge in [0, 0.05) is 13.2 Å². The van der Waals surface area contributed by atoms with E-state index in [9.17, 15) is 0 Å². The Balaban J connectivity index is 2.19. The van der Waals surface area contributed by atoms with E-state index in [1.165, 1.54) is 12.8 Å². The molecule has 0 aromatic rings. The molecule has 80 valence electrons. The van der Waals surface area contributed by atoms with E-state index in [2.05, 4.69) is 23.7 Å². The topological polar surface area (TPSA) is 50.9 Å². The zero-order valence-corrected chi connectivity index (χ0v) is 9.16. The quantitative estimate of drug-likeness (QED) is 0.719. The Morgan fingerprint density at radius 1 is 1.64 bits per heavy atom. The second-order valence-corrected chi connectivity index (χ2v) is 4.51. The van der Waals surface area contributed by atoms with Crippen LogP contribution in [-0.4, -0.2) is 42.2 Å². The molecule has 0 aromatic heterocycles. The molecule has 0 spiro atoms. The Morgan fingerprint density at radius 2 is 2.29 bits per heavy atom. The van der Waals surface area contributed by atoms with Crippen molar-refractivity contribution in [3.63, 3.8) is 0 Å². The number of aliphatic imine (C=N–C) groups is 1. The molecule has 0 aromatic carbocycles. The first-order valence-electron chi connectivity index (χ1n) is 5.21. The Kier molecular flexibility index (Phi) is 2.18. The van der Waals surface area contributed by atoms with E-state index in [1.807, 2.05) is 0 Å². The van der Waals surface area contributed by atoms with Gasteiger partial charge in [0.2, 0.25) is 0 Å². The van der Waals surface area contributed by atoms with Gasteiger partial charge in [-0.3, -0.25) is 4.99 Å². The van der Waals surface area contributed by atoms with Crippen LogP contribution < -0.4 is 5.73 Å². The molecule has 1 aliphatic heterocycles. The number of hydrogen-bond acceptors (Lipinski definition) is 4. The highest BCUT2D eigenvalue weighted by Gasteiger charge is 2.48. The summed E-state index contributed by atoms with van der Waals surface area (Å²) in [6, 6.07) is 0.601. The van der Waals surface area contributed by atoms with Crippen LogP contribution in [0.1, 0.15) is 26.7 Å². The molecule has 0 saturated heterocycles. The lowest BCUT2D eigenvalue weighted by Gasteiger charge is -2.40. The van der Waals surface area contributed by atoms with Crippen LogP contribution in [-0.2, 0) is 4.74 Å². The number of ether oxygens (including phenoxy) is 1. The van der Waals surface area contributed by atoms with Crippen LogP contribution in [0.2, 0.25) is 0 Å². The predicted octanol–water partition coefficient (Wildman–Crippen LogP) is 0.573. The van der Waals surface area contributed by atoms with Crippen molar-refractivity contribution in [3.05, 3.63) is 0 Å². The molecule has 0 bridgehead atoms. The molecule has 1 saturated carbocycles. The van der Waals surface area contributed by atoms with E-state index in [-0.39, 0.29) is 11.6 Å². The van der Waals surface area contributed by atoms with Crippen molar-refractivity contribution in [2.24, 2.45) is 10.7 Å². The maximum Gasteiger partial charge on any atom is 0.192 e. The summed E-state index contributed by atoms with van der Waals surface area (Å²) in [6.45, 7) is 5.02. The first kappa shape index (κ1) is 9.77. The lowest BCUT2D eigenvalue weighted by molar-refractivity contribution is 0.00426. The van der Waals surface area contributed by atoms with E-state index in [0.29, 0.717) is 12.0 Å². The largest absolute Gasteiger partial charge is 0.379 e. The molecule has 1 heterocycles. The highest BCUT2D eigenvalue weighted by atomic mass is 16.5. The summed E-state index contributed by atoms with van der Waals surface area (Å²) >= 11 is 0. The highest BCUT2D eigenvalue weighted by Crippen LogP contribution is 2.37. The van der Waals surface area contributed by atoms with Crippen molar-refractivity contribution in [2.75, 3.05) is 13.7 Å². The second-order valence-electron chi connectivity index (χ2n) is 4.51. The van der Waals surface area contributed by atoms with Crippen LogP contribution >= 0.6 is 0 Å². The van der Waals surface area contributed by atoms with Gasteiger partial charge in [0.25, 0.3) is 0 Å². The summed E-state index contributed by atoms with van der Waals surface area (Å²) in [7, 11) is 1.75. The summed E-state index contributed by atoms with van der Waals surface area (Å²) < 4.78 is 5.42. The van der Waals surface area contributed by atoms with Gasteiger partial charge in [-0.25, -0.2) is 0 Å². The molecule has 4 nitrogen and oxygen atoms in total. The lowest BCUT2D eigenvalue weighted by Crippen LogP contribution is -2.57. The van der Waals surface area contributed by atoms with Crippen molar-refractivity contribution in [3.8, 4) is 0 Å². The van der Waals surface area contributed by atoms with Gasteiger partial charge in [0.1, 0.15) is 0 Å². The van der Waals surface area contributed by atoms with E-state index >= 15 is 0 Å². The van der Waals surface area contributed by atoms with Gasteiger partial charge in [-0.15, -0.1) is 0 Å².